The Balaban J connectivity index is 1.86. The van der Waals surface area contributed by atoms with E-state index in [2.05, 4.69) is 35.8 Å². The van der Waals surface area contributed by atoms with Gasteiger partial charge >= 0.3 is 0 Å². The Morgan fingerprint density at radius 3 is 2.59 bits per heavy atom. The summed E-state index contributed by atoms with van der Waals surface area (Å²) in [5, 5.41) is 0. The van der Waals surface area contributed by atoms with Crippen molar-refractivity contribution in [3.8, 4) is 0 Å². The molecule has 0 spiro atoms. The summed E-state index contributed by atoms with van der Waals surface area (Å²) in [4.78, 5) is 2.14. The Labute approximate surface area is 104 Å². The van der Waals surface area contributed by atoms with Crippen molar-refractivity contribution < 1.29 is 4.74 Å². The molecule has 0 aromatic heterocycles. The lowest BCUT2D eigenvalue weighted by molar-refractivity contribution is 0.0653. The minimum atomic E-state index is 0.392. The van der Waals surface area contributed by atoms with Crippen LogP contribution in [-0.4, -0.2) is 24.6 Å². The first-order valence-corrected chi connectivity index (χ1v) is 6.61. The first-order valence-electron chi connectivity index (χ1n) is 6.61. The van der Waals surface area contributed by atoms with E-state index in [9.17, 15) is 0 Å². The third-order valence-corrected chi connectivity index (χ3v) is 3.44. The fourth-order valence-electron chi connectivity index (χ4n) is 2.19. The van der Waals surface area contributed by atoms with Crippen LogP contribution in [0.4, 0.5) is 0 Å². The van der Waals surface area contributed by atoms with Crippen LogP contribution in [0.3, 0.4) is 0 Å². The number of allylic oxidation sites excluding steroid dienone is 2. The normalized spacial score (nSPS) is 20.8. The minimum Gasteiger partial charge on any atom is -0.475 e. The third-order valence-electron chi connectivity index (χ3n) is 3.44. The lowest BCUT2D eigenvalue weighted by Gasteiger charge is -2.29. The molecule has 96 valence electrons. The van der Waals surface area contributed by atoms with Gasteiger partial charge in [0.2, 0.25) is 5.88 Å². The topological polar surface area (TPSA) is 36.5 Å². The molecule has 0 amide bonds. The highest BCUT2D eigenvalue weighted by Crippen LogP contribution is 2.22. The predicted molar refractivity (Wildman–Crippen MR) is 68.7 cm³/mol. The van der Waals surface area contributed by atoms with Crippen LogP contribution in [0.1, 0.15) is 39.0 Å². The van der Waals surface area contributed by atoms with Crippen LogP contribution in [0, 0.1) is 0 Å². The van der Waals surface area contributed by atoms with E-state index in [1.807, 2.05) is 6.08 Å². The van der Waals surface area contributed by atoms with Gasteiger partial charge in [-0.25, -0.2) is 0 Å². The molecule has 1 aliphatic heterocycles. The number of hydrogen-bond donors (Lipinski definition) is 2. The Morgan fingerprint density at radius 2 is 2.00 bits per heavy atom. The van der Waals surface area contributed by atoms with Crippen molar-refractivity contribution in [2.45, 2.75) is 45.1 Å². The summed E-state index contributed by atoms with van der Waals surface area (Å²) in [6, 6.07) is 0. The van der Waals surface area contributed by atoms with Crippen LogP contribution in [0.2, 0.25) is 0 Å². The zero-order valence-electron chi connectivity index (χ0n) is 10.8. The summed E-state index contributed by atoms with van der Waals surface area (Å²) in [6.07, 6.45) is 10.8. The van der Waals surface area contributed by atoms with Gasteiger partial charge in [-0.3, -0.25) is 10.9 Å². The van der Waals surface area contributed by atoms with E-state index in [0.717, 1.165) is 18.2 Å². The van der Waals surface area contributed by atoms with Gasteiger partial charge in [-0.1, -0.05) is 6.42 Å². The van der Waals surface area contributed by atoms with Gasteiger partial charge in [-0.05, 0) is 38.7 Å². The summed E-state index contributed by atoms with van der Waals surface area (Å²) < 4.78 is 5.92. The second-order valence-corrected chi connectivity index (χ2v) is 4.72. The highest BCUT2D eigenvalue weighted by atomic mass is 16.5. The average molecular weight is 237 g/mol. The molecule has 0 bridgehead atoms. The van der Waals surface area contributed by atoms with Crippen molar-refractivity contribution in [2.24, 2.45) is 0 Å². The maximum atomic E-state index is 5.92. The van der Waals surface area contributed by atoms with Gasteiger partial charge in [-0.15, -0.1) is 0 Å². The molecule has 4 heteroatoms. The number of nitrogens with zero attached hydrogens (tertiary/aromatic N) is 1. The molecule has 2 N–H and O–H groups in total. The summed E-state index contributed by atoms with van der Waals surface area (Å²) >= 11 is 0. The van der Waals surface area contributed by atoms with E-state index in [0.29, 0.717) is 6.10 Å². The van der Waals surface area contributed by atoms with Crippen LogP contribution in [0.25, 0.3) is 0 Å². The highest BCUT2D eigenvalue weighted by Gasteiger charge is 2.17. The quantitative estimate of drug-likeness (QED) is 0.785. The van der Waals surface area contributed by atoms with Crippen molar-refractivity contribution >= 4 is 0 Å². The monoisotopic (exact) mass is 237 g/mol. The van der Waals surface area contributed by atoms with Gasteiger partial charge in [0.05, 0.1) is 0 Å². The molecular formula is C13H23N3O. The predicted octanol–water partition coefficient (Wildman–Crippen LogP) is 2.08. The third kappa shape index (κ3) is 3.32. The molecule has 1 heterocycles. The summed E-state index contributed by atoms with van der Waals surface area (Å²) in [7, 11) is 2.06. The first kappa shape index (κ1) is 12.1. The molecule has 1 fully saturated rings. The molecule has 4 nitrogen and oxygen atoms in total. The number of hydrazine groups is 1. The number of rotatable bonds is 4. The van der Waals surface area contributed by atoms with Gasteiger partial charge in [0.1, 0.15) is 11.9 Å². The summed E-state index contributed by atoms with van der Waals surface area (Å²) in [6.45, 7) is 3.10. The number of hydrogen-bond acceptors (Lipinski definition) is 4. The van der Waals surface area contributed by atoms with Crippen molar-refractivity contribution in [3.05, 3.63) is 23.9 Å². The van der Waals surface area contributed by atoms with Crippen molar-refractivity contribution in [1.82, 2.24) is 15.8 Å². The summed E-state index contributed by atoms with van der Waals surface area (Å²) in [5.41, 5.74) is 6.26. The molecule has 1 aliphatic carbocycles. The first-order chi connectivity index (χ1) is 8.29. The smallest absolute Gasteiger partial charge is 0.206 e. The number of ether oxygens (including phenoxy) is 1. The van der Waals surface area contributed by atoms with Crippen molar-refractivity contribution in [1.29, 1.82) is 0 Å². The molecule has 0 atom stereocenters. The van der Waals surface area contributed by atoms with E-state index in [-0.39, 0.29) is 0 Å². The highest BCUT2D eigenvalue weighted by molar-refractivity contribution is 5.16. The maximum Gasteiger partial charge on any atom is 0.206 e. The molecule has 0 aromatic rings. The van der Waals surface area contributed by atoms with Crippen molar-refractivity contribution in [3.63, 3.8) is 0 Å². The molecule has 0 unspecified atom stereocenters. The Bertz CT molecular complexity index is 306. The molecule has 0 radical (unpaired) electrons. The lowest BCUT2D eigenvalue weighted by Crippen LogP contribution is -2.41. The van der Waals surface area contributed by atoms with E-state index in [1.165, 1.54) is 32.1 Å². The van der Waals surface area contributed by atoms with Crippen LogP contribution < -0.4 is 10.9 Å². The Hall–Kier alpha value is -1.32. The van der Waals surface area contributed by atoms with Crippen LogP contribution in [-0.2, 0) is 4.74 Å². The van der Waals surface area contributed by atoms with Gasteiger partial charge in [-0.2, -0.15) is 0 Å². The molecule has 17 heavy (non-hydrogen) atoms. The molecule has 2 rings (SSSR count). The fourth-order valence-corrected chi connectivity index (χ4v) is 2.19. The zero-order valence-corrected chi connectivity index (χ0v) is 10.8. The molecule has 0 saturated heterocycles. The zero-order chi connectivity index (χ0) is 12.1. The van der Waals surface area contributed by atoms with Gasteiger partial charge in [0.25, 0.3) is 0 Å². The van der Waals surface area contributed by atoms with Gasteiger partial charge < -0.3 is 9.64 Å². The molecular weight excluding hydrogens is 214 g/mol. The molecule has 2 aliphatic rings. The largest absolute Gasteiger partial charge is 0.475 e. The van der Waals surface area contributed by atoms with Gasteiger partial charge in [0.15, 0.2) is 0 Å². The second kappa shape index (κ2) is 5.84. The number of nitrogens with one attached hydrogen (secondary N) is 2. The van der Waals surface area contributed by atoms with E-state index < -0.39 is 0 Å². The Kier molecular flexibility index (Phi) is 4.18. The fraction of sp³-hybridized carbons (Fsp3) is 0.692. The van der Waals surface area contributed by atoms with E-state index in [4.69, 9.17) is 4.74 Å². The summed E-state index contributed by atoms with van der Waals surface area (Å²) in [5.74, 6) is 1.91. The lowest BCUT2D eigenvalue weighted by atomic mass is 9.98. The van der Waals surface area contributed by atoms with Crippen LogP contribution in [0.15, 0.2) is 23.9 Å². The van der Waals surface area contributed by atoms with Crippen molar-refractivity contribution in [2.75, 3.05) is 13.6 Å². The van der Waals surface area contributed by atoms with E-state index in [1.54, 1.807) is 0 Å². The standard InChI is InChI=1S/C13H23N3O/c1-3-16(2)12-9-10-13(15-14-12)17-11-7-5-4-6-8-11/h9-11,14-15H,3-8H2,1-2H3. The Morgan fingerprint density at radius 1 is 1.24 bits per heavy atom. The second-order valence-electron chi connectivity index (χ2n) is 4.72. The average Bonchev–Trinajstić information content (AvgIpc) is 2.40. The molecule has 1 saturated carbocycles. The maximum absolute atomic E-state index is 5.92. The van der Waals surface area contributed by atoms with Crippen LogP contribution in [0.5, 0.6) is 0 Å². The van der Waals surface area contributed by atoms with E-state index >= 15 is 0 Å². The molecule has 0 aromatic carbocycles. The van der Waals surface area contributed by atoms with Crippen LogP contribution >= 0.6 is 0 Å². The SMILES string of the molecule is CCN(C)C1=CC=C(OC2CCCCC2)NN1. The minimum absolute atomic E-state index is 0.392. The van der Waals surface area contributed by atoms with Gasteiger partial charge in [0, 0.05) is 19.7 Å².